The van der Waals surface area contributed by atoms with Gasteiger partial charge in [-0.3, -0.25) is 4.90 Å². The summed E-state index contributed by atoms with van der Waals surface area (Å²) in [6.07, 6.45) is 0.989. The summed E-state index contributed by atoms with van der Waals surface area (Å²) in [4.78, 5) is 28.9. The summed E-state index contributed by atoms with van der Waals surface area (Å²) in [6.45, 7) is 14.0. The van der Waals surface area contributed by atoms with Gasteiger partial charge in [-0.2, -0.15) is 13.2 Å². The monoisotopic (exact) mass is 738 g/mol. The number of aliphatic hydroxyl groups excluding tert-OH is 1. The number of halogens is 3. The molecule has 13 heteroatoms. The number of carbonyl (C=O) groups excluding carboxylic acids is 2. The fourth-order valence-electron chi connectivity index (χ4n) is 14.1. The van der Waals surface area contributed by atoms with Gasteiger partial charge >= 0.3 is 18.4 Å². The molecule has 2 amide bonds. The highest BCUT2D eigenvalue weighted by Crippen LogP contribution is 2.87. The summed E-state index contributed by atoms with van der Waals surface area (Å²) in [5.41, 5.74) is 6.46. The molecule has 2 spiro atoms. The second kappa shape index (κ2) is 12.1. The van der Waals surface area contributed by atoms with Gasteiger partial charge in [-0.05, 0) is 104 Å². The molecule has 0 aromatic carbocycles. The van der Waals surface area contributed by atoms with E-state index in [2.05, 4.69) is 46.9 Å². The van der Waals surface area contributed by atoms with Gasteiger partial charge in [0.2, 0.25) is 0 Å². The minimum Gasteiger partial charge on any atom is -0.446 e. The van der Waals surface area contributed by atoms with Crippen LogP contribution in [-0.4, -0.2) is 108 Å². The number of alkyl halides is 3. The van der Waals surface area contributed by atoms with Crippen LogP contribution in [0.3, 0.4) is 0 Å². The third kappa shape index (κ3) is 5.23. The molecule has 5 aliphatic carbocycles. The molecule has 8 fully saturated rings. The quantitative estimate of drug-likeness (QED) is 0.317. The lowest BCUT2D eigenvalue weighted by Gasteiger charge is -2.63. The Bertz CT molecular complexity index is 1440. The predicted molar refractivity (Wildman–Crippen MR) is 186 cm³/mol. The molecular formula is C39H61F3N4O6. The molecule has 13 unspecified atom stereocenters. The Morgan fingerprint density at radius 2 is 1.71 bits per heavy atom. The van der Waals surface area contributed by atoms with E-state index in [4.69, 9.17) is 19.9 Å². The van der Waals surface area contributed by atoms with Gasteiger partial charge in [-0.15, -0.1) is 0 Å². The summed E-state index contributed by atoms with van der Waals surface area (Å²) < 4.78 is 57.3. The molecule has 3 heterocycles. The van der Waals surface area contributed by atoms with Crippen LogP contribution in [0.2, 0.25) is 0 Å². The lowest BCUT2D eigenvalue weighted by atomic mass is 9.43. The number of aliphatic hydroxyl groups is 1. The minimum absolute atomic E-state index is 0.0207. The molecule has 13 atom stereocenters. The first-order valence-electron chi connectivity index (χ1n) is 20.1. The number of fused-ring (bicyclic) bond motifs is 4. The van der Waals surface area contributed by atoms with Crippen LogP contribution in [0.5, 0.6) is 0 Å². The highest BCUT2D eigenvalue weighted by molar-refractivity contribution is 5.69. The molecule has 0 aromatic heterocycles. The summed E-state index contributed by atoms with van der Waals surface area (Å²) >= 11 is 0. The van der Waals surface area contributed by atoms with Crippen LogP contribution in [0.4, 0.5) is 22.8 Å². The maximum absolute atomic E-state index is 13.0. The van der Waals surface area contributed by atoms with Crippen molar-refractivity contribution in [1.29, 1.82) is 0 Å². The van der Waals surface area contributed by atoms with Crippen molar-refractivity contribution in [3.63, 3.8) is 0 Å². The number of nitrogens with one attached hydrogen (secondary N) is 1. The van der Waals surface area contributed by atoms with Crippen molar-refractivity contribution in [2.45, 2.75) is 148 Å². The van der Waals surface area contributed by atoms with Crippen molar-refractivity contribution in [3.05, 3.63) is 0 Å². The lowest BCUT2D eigenvalue weighted by Crippen LogP contribution is -2.70. The Hall–Kier alpha value is -1.83. The van der Waals surface area contributed by atoms with E-state index in [-0.39, 0.29) is 82.8 Å². The van der Waals surface area contributed by atoms with Crippen LogP contribution < -0.4 is 11.1 Å². The van der Waals surface area contributed by atoms with Gasteiger partial charge in [0.1, 0.15) is 12.2 Å². The molecule has 5 saturated carbocycles. The molecule has 52 heavy (non-hydrogen) atoms. The Kier molecular flexibility index (Phi) is 8.62. The molecule has 294 valence electrons. The van der Waals surface area contributed by atoms with Crippen molar-refractivity contribution in [2.75, 3.05) is 32.7 Å². The van der Waals surface area contributed by atoms with Crippen molar-refractivity contribution in [2.24, 2.45) is 57.0 Å². The molecule has 0 bridgehead atoms. The summed E-state index contributed by atoms with van der Waals surface area (Å²) in [5, 5.41) is 15.3. The first-order valence-corrected chi connectivity index (χ1v) is 20.1. The Morgan fingerprint density at radius 3 is 2.35 bits per heavy atom. The van der Waals surface area contributed by atoms with Gasteiger partial charge in [0, 0.05) is 31.6 Å². The number of hydrogen-bond donors (Lipinski definition) is 3. The number of ether oxygens (including phenoxy) is 3. The SMILES string of the molecule is CC(C)C(OC(=O)N1CCC1)C1CC(C)C2C(O1)C(O)C1(N)C3CCC4C(C)(C)C(OC(=O)NC5CN(CC(F)(F)F)C5)CCC45CC35CCC21C. The van der Waals surface area contributed by atoms with Crippen LogP contribution in [0.1, 0.15) is 99.3 Å². The number of carbonyl (C=O) groups is 2. The van der Waals surface area contributed by atoms with Gasteiger partial charge < -0.3 is 35.3 Å². The zero-order valence-corrected chi connectivity index (χ0v) is 31.8. The smallest absolute Gasteiger partial charge is 0.410 e. The van der Waals surface area contributed by atoms with Crippen molar-refractivity contribution in [3.8, 4) is 0 Å². The summed E-state index contributed by atoms with van der Waals surface area (Å²) in [5.74, 6) is 0.872. The van der Waals surface area contributed by atoms with Gasteiger partial charge in [0.25, 0.3) is 0 Å². The predicted octanol–water partition coefficient (Wildman–Crippen LogP) is 5.70. The van der Waals surface area contributed by atoms with E-state index in [0.29, 0.717) is 5.92 Å². The normalized spacial score (nSPS) is 47.0. The third-order valence-electron chi connectivity index (χ3n) is 16.6. The van der Waals surface area contributed by atoms with Crippen LogP contribution in [0, 0.1) is 51.2 Å². The number of nitrogens with zero attached hydrogens (tertiary/aromatic N) is 2. The number of hydrogen-bond acceptors (Lipinski definition) is 8. The van der Waals surface area contributed by atoms with Crippen molar-refractivity contribution < 1.29 is 42.1 Å². The summed E-state index contributed by atoms with van der Waals surface area (Å²) in [6, 6.07) is -0.340. The van der Waals surface area contributed by atoms with Gasteiger partial charge in [0.15, 0.2) is 0 Å². The van der Waals surface area contributed by atoms with E-state index in [9.17, 15) is 27.9 Å². The van der Waals surface area contributed by atoms with E-state index in [1.54, 1.807) is 4.90 Å². The third-order valence-corrected chi connectivity index (χ3v) is 16.6. The van der Waals surface area contributed by atoms with Crippen LogP contribution in [0.25, 0.3) is 0 Å². The number of nitrogens with two attached hydrogens (primary N) is 1. The number of likely N-dealkylation sites (tertiary alicyclic amines) is 2. The average Bonchev–Trinajstić information content (AvgIpc) is 3.63. The van der Waals surface area contributed by atoms with Crippen molar-refractivity contribution >= 4 is 12.2 Å². The number of rotatable bonds is 6. The van der Waals surface area contributed by atoms with Crippen LogP contribution in [0.15, 0.2) is 0 Å². The van der Waals surface area contributed by atoms with Gasteiger partial charge in [-0.25, -0.2) is 9.59 Å². The van der Waals surface area contributed by atoms with E-state index in [1.807, 2.05) is 0 Å². The van der Waals surface area contributed by atoms with Crippen LogP contribution in [-0.2, 0) is 14.2 Å². The van der Waals surface area contributed by atoms with Crippen LogP contribution >= 0.6 is 0 Å². The standard InChI is InChI=1S/C39H61F3N4O6/c1-21(2)29(52-33(49)46-14-7-15-46)24-16-22(3)28-30(50-24)31(47)39(43)26-9-8-25-34(4,5)27(10-11-36(25)19-37(26,36)13-12-35(28,39)6)51-32(48)44-23-17-45(18-23)20-38(40,41)42/h21-31,47H,7-20,43H2,1-6H3,(H,44,48). The Labute approximate surface area is 306 Å². The van der Waals surface area contributed by atoms with E-state index in [0.717, 1.165) is 70.9 Å². The molecule has 3 saturated heterocycles. The molecule has 3 aliphatic heterocycles. The van der Waals surface area contributed by atoms with E-state index in [1.165, 1.54) is 4.90 Å². The molecule has 8 rings (SSSR count). The number of alkyl carbamates (subject to hydrolysis) is 1. The highest BCUT2D eigenvalue weighted by Gasteiger charge is 2.85. The zero-order chi connectivity index (χ0) is 37.4. The fourth-order valence-corrected chi connectivity index (χ4v) is 14.1. The Morgan fingerprint density at radius 1 is 1.04 bits per heavy atom. The first kappa shape index (κ1) is 37.1. The molecular weight excluding hydrogens is 677 g/mol. The molecule has 10 nitrogen and oxygen atoms in total. The lowest BCUT2D eigenvalue weighted by molar-refractivity contribution is -0.180. The first-order chi connectivity index (χ1) is 24.3. The maximum atomic E-state index is 13.0. The summed E-state index contributed by atoms with van der Waals surface area (Å²) in [7, 11) is 0. The second-order valence-corrected chi connectivity index (χ2v) is 19.7. The Balaban J connectivity index is 0.965. The molecule has 0 radical (unpaired) electrons. The zero-order valence-electron chi connectivity index (χ0n) is 31.8. The van der Waals surface area contributed by atoms with Crippen molar-refractivity contribution in [1.82, 2.24) is 15.1 Å². The average molecular weight is 739 g/mol. The van der Waals surface area contributed by atoms with Gasteiger partial charge in [0.05, 0.1) is 36.4 Å². The number of amides is 2. The second-order valence-electron chi connectivity index (χ2n) is 19.7. The van der Waals surface area contributed by atoms with E-state index < -0.39 is 42.7 Å². The van der Waals surface area contributed by atoms with E-state index >= 15 is 0 Å². The molecule has 4 N–H and O–H groups in total. The molecule has 8 aliphatic rings. The highest BCUT2D eigenvalue weighted by atomic mass is 19.4. The van der Waals surface area contributed by atoms with Gasteiger partial charge in [-0.1, -0.05) is 41.5 Å². The molecule has 0 aromatic rings. The topological polar surface area (TPSA) is 127 Å². The maximum Gasteiger partial charge on any atom is 0.410 e. The largest absolute Gasteiger partial charge is 0.446 e. The fraction of sp³-hybridized carbons (Fsp3) is 0.949. The minimum atomic E-state index is -4.25.